The predicted molar refractivity (Wildman–Crippen MR) is 267 cm³/mol. The minimum atomic E-state index is 0.944. The summed E-state index contributed by atoms with van der Waals surface area (Å²) in [5, 5.41) is 5.10. The number of hydrogen-bond donors (Lipinski definition) is 0. The van der Waals surface area contributed by atoms with Gasteiger partial charge in [-0.3, -0.25) is 4.99 Å². The van der Waals surface area contributed by atoms with Gasteiger partial charge in [0, 0.05) is 11.3 Å². The van der Waals surface area contributed by atoms with Crippen LogP contribution >= 0.6 is 0 Å². The van der Waals surface area contributed by atoms with Gasteiger partial charge < -0.3 is 0 Å². The summed E-state index contributed by atoms with van der Waals surface area (Å²) in [7, 11) is 0. The molecule has 1 aliphatic carbocycles. The highest BCUT2D eigenvalue weighted by molar-refractivity contribution is 6.02. The van der Waals surface area contributed by atoms with Gasteiger partial charge in [0.1, 0.15) is 0 Å². The number of allylic oxidation sites excluding steroid dienone is 3. The summed E-state index contributed by atoms with van der Waals surface area (Å²) in [5.74, 6) is 0. The predicted octanol–water partition coefficient (Wildman–Crippen LogP) is 16.9. The monoisotopic (exact) mass is 791 g/mol. The van der Waals surface area contributed by atoms with Crippen molar-refractivity contribution in [1.29, 1.82) is 0 Å². The highest BCUT2D eigenvalue weighted by Crippen LogP contribution is 2.40. The molecule has 0 amide bonds. The topological polar surface area (TPSA) is 12.4 Å². The van der Waals surface area contributed by atoms with Gasteiger partial charge in [0.05, 0.1) is 5.70 Å². The number of nitrogens with zero attached hydrogens (tertiary/aromatic N) is 1. The lowest BCUT2D eigenvalue weighted by atomic mass is 9.80. The van der Waals surface area contributed by atoms with Gasteiger partial charge in [-0.15, -0.1) is 0 Å². The van der Waals surface area contributed by atoms with Crippen molar-refractivity contribution in [2.75, 3.05) is 0 Å². The molecular weight excluding hydrogens is 735 g/mol. The molecule has 302 valence electrons. The Kier molecular flexibility index (Phi) is 13.8. The lowest BCUT2D eigenvalue weighted by Crippen LogP contribution is -2.06. The second-order valence-electron chi connectivity index (χ2n) is 16.2. The maximum atomic E-state index is 4.77. The average molecular weight is 792 g/mol. The van der Waals surface area contributed by atoms with Crippen LogP contribution < -0.4 is 0 Å². The van der Waals surface area contributed by atoms with Crippen LogP contribution in [0.15, 0.2) is 211 Å². The fourth-order valence-corrected chi connectivity index (χ4v) is 8.03. The third-order valence-corrected chi connectivity index (χ3v) is 11.2. The van der Waals surface area contributed by atoms with E-state index in [-0.39, 0.29) is 0 Å². The van der Waals surface area contributed by atoms with E-state index in [2.05, 4.69) is 180 Å². The minimum absolute atomic E-state index is 0.944. The molecule has 0 aromatic heterocycles. The van der Waals surface area contributed by atoms with Crippen LogP contribution in [0.2, 0.25) is 0 Å². The number of benzene rings is 8. The van der Waals surface area contributed by atoms with E-state index in [1.807, 2.05) is 56.3 Å². The van der Waals surface area contributed by atoms with Gasteiger partial charge in [0.15, 0.2) is 0 Å². The summed E-state index contributed by atoms with van der Waals surface area (Å²) in [6.07, 6.45) is 5.51. The number of fused-ring (bicyclic) bond motifs is 3. The molecule has 0 fully saturated rings. The SMILES string of the molecule is C=C(C)/C=C(\N=C(C)c1ccccc1)c1ccccc1.CC1=C(c2ccccc2C)c2cc(-c3ccc4ccc(-c5ccc6ccccc6c5)cc4c3)ccc2CC1.CCC. The zero-order valence-electron chi connectivity index (χ0n) is 36.7. The van der Waals surface area contributed by atoms with Crippen molar-refractivity contribution in [3.05, 3.63) is 239 Å². The van der Waals surface area contributed by atoms with Crippen LogP contribution in [0.5, 0.6) is 0 Å². The van der Waals surface area contributed by atoms with Crippen molar-refractivity contribution in [2.45, 2.75) is 60.8 Å². The van der Waals surface area contributed by atoms with Crippen molar-refractivity contribution < 1.29 is 0 Å². The molecule has 0 bridgehead atoms. The Balaban J connectivity index is 0.000000206. The summed E-state index contributed by atoms with van der Waals surface area (Å²) in [4.78, 5) is 4.77. The van der Waals surface area contributed by atoms with E-state index in [0.29, 0.717) is 0 Å². The smallest absolute Gasteiger partial charge is 0.0707 e. The van der Waals surface area contributed by atoms with E-state index in [9.17, 15) is 0 Å². The molecular formula is C60H57N. The lowest BCUT2D eigenvalue weighted by molar-refractivity contribution is 0.918. The Morgan fingerprint density at radius 2 is 1.00 bits per heavy atom. The number of hydrogen-bond acceptors (Lipinski definition) is 1. The molecule has 8 aromatic carbocycles. The molecule has 1 aliphatic rings. The van der Waals surface area contributed by atoms with E-state index in [0.717, 1.165) is 41.0 Å². The molecule has 0 heterocycles. The first-order chi connectivity index (χ1) is 29.7. The first-order valence-corrected chi connectivity index (χ1v) is 21.7. The maximum absolute atomic E-state index is 4.77. The maximum Gasteiger partial charge on any atom is 0.0707 e. The molecule has 0 saturated heterocycles. The fraction of sp³-hybridized carbons (Fsp3) is 0.150. The first kappa shape index (κ1) is 42.3. The Morgan fingerprint density at radius 3 is 1.61 bits per heavy atom. The fourth-order valence-electron chi connectivity index (χ4n) is 8.03. The van der Waals surface area contributed by atoms with E-state index in [4.69, 9.17) is 4.99 Å². The van der Waals surface area contributed by atoms with Gasteiger partial charge in [-0.25, -0.2) is 0 Å². The van der Waals surface area contributed by atoms with E-state index in [1.54, 1.807) is 0 Å². The third-order valence-electron chi connectivity index (χ3n) is 11.2. The van der Waals surface area contributed by atoms with Gasteiger partial charge in [-0.2, -0.15) is 0 Å². The van der Waals surface area contributed by atoms with Crippen molar-refractivity contribution in [1.82, 2.24) is 0 Å². The average Bonchev–Trinajstić information content (AvgIpc) is 3.29. The molecule has 0 atom stereocenters. The van der Waals surface area contributed by atoms with Crippen LogP contribution in [-0.4, -0.2) is 5.71 Å². The molecule has 0 unspecified atom stereocenters. The highest BCUT2D eigenvalue weighted by Gasteiger charge is 2.20. The van der Waals surface area contributed by atoms with Crippen LogP contribution in [0, 0.1) is 6.92 Å². The number of rotatable bonds is 7. The second kappa shape index (κ2) is 19.9. The number of aryl methyl sites for hydroxylation is 2. The second-order valence-corrected chi connectivity index (χ2v) is 16.2. The summed E-state index contributed by atoms with van der Waals surface area (Å²) >= 11 is 0. The van der Waals surface area contributed by atoms with E-state index >= 15 is 0 Å². The molecule has 0 radical (unpaired) electrons. The Hall–Kier alpha value is -6.83. The summed E-state index contributed by atoms with van der Waals surface area (Å²) in [5.41, 5.74) is 18.7. The molecule has 1 heteroatoms. The Morgan fingerprint density at radius 1 is 0.508 bits per heavy atom. The quantitative estimate of drug-likeness (QED) is 0.113. The molecule has 61 heavy (non-hydrogen) atoms. The molecule has 1 nitrogen and oxygen atoms in total. The van der Waals surface area contributed by atoms with Gasteiger partial charge in [0.2, 0.25) is 0 Å². The molecule has 0 aliphatic heterocycles. The highest BCUT2D eigenvalue weighted by atomic mass is 14.8. The standard InChI is InChI=1S/C38H30.C19H19N.C3H8/c1-25-7-3-6-10-36(25)38-26(2)11-12-29-16-20-34(24-37(29)38)33-19-15-28-14-18-32(22-35(28)23-33)31-17-13-27-8-4-5-9-30(27)21-31;1-15(2)14-19(18-12-8-5-9-13-18)20-16(3)17-10-6-4-7-11-17;1-3-2/h3-10,13-24H,11-12H2,1-2H3;4-14H,1H2,2-3H3;3H2,1-2H3/b;19-14-,20-16?;. The molecule has 8 aromatic rings. The van der Waals surface area contributed by atoms with Crippen molar-refractivity contribution in [3.8, 4) is 22.3 Å². The van der Waals surface area contributed by atoms with Crippen molar-refractivity contribution in [3.63, 3.8) is 0 Å². The van der Waals surface area contributed by atoms with Crippen molar-refractivity contribution in [2.24, 2.45) is 4.99 Å². The van der Waals surface area contributed by atoms with Crippen LogP contribution in [0.3, 0.4) is 0 Å². The lowest BCUT2D eigenvalue weighted by Gasteiger charge is -2.24. The zero-order chi connectivity index (χ0) is 42.7. The summed E-state index contributed by atoms with van der Waals surface area (Å²) in [6.45, 7) is 16.8. The van der Waals surface area contributed by atoms with Gasteiger partial charge >= 0.3 is 0 Å². The largest absolute Gasteiger partial charge is 0.253 e. The van der Waals surface area contributed by atoms with Crippen LogP contribution in [-0.2, 0) is 6.42 Å². The third kappa shape index (κ3) is 10.3. The van der Waals surface area contributed by atoms with Gasteiger partial charge in [0.25, 0.3) is 0 Å². The van der Waals surface area contributed by atoms with Crippen LogP contribution in [0.4, 0.5) is 0 Å². The van der Waals surface area contributed by atoms with Gasteiger partial charge in [-0.05, 0) is 148 Å². The number of aliphatic imine (C=N–C) groups is 1. The van der Waals surface area contributed by atoms with Crippen LogP contribution in [0.1, 0.15) is 80.8 Å². The Labute approximate surface area is 364 Å². The van der Waals surface area contributed by atoms with Gasteiger partial charge in [-0.1, -0.05) is 196 Å². The van der Waals surface area contributed by atoms with Crippen LogP contribution in [0.25, 0.3) is 55.1 Å². The van der Waals surface area contributed by atoms with Crippen molar-refractivity contribution >= 4 is 38.5 Å². The molecule has 9 rings (SSSR count). The molecule has 0 N–H and O–H groups in total. The first-order valence-electron chi connectivity index (χ1n) is 21.7. The normalized spacial score (nSPS) is 12.6. The summed E-state index contributed by atoms with van der Waals surface area (Å²) in [6, 6.07) is 65.3. The zero-order valence-corrected chi connectivity index (χ0v) is 36.7. The van der Waals surface area contributed by atoms with E-state index < -0.39 is 0 Å². The summed E-state index contributed by atoms with van der Waals surface area (Å²) < 4.78 is 0. The Bertz CT molecular complexity index is 2890. The minimum Gasteiger partial charge on any atom is -0.253 e. The molecule has 0 spiro atoms. The van der Waals surface area contributed by atoms with E-state index in [1.165, 1.54) is 83.6 Å². The molecule has 0 saturated carbocycles.